The molecule has 3 rings (SSSR count). The molecule has 118 valence electrons. The standard InChI is InChI=1S/C19H20N2O2/c22-19(11-14-21-13-4-12-20-21)17-7-9-18(10-8-17)23-15-16-5-2-1-3-6-16/h1-10,12-13,19,22H,11,14-15H2/t19-/m0/s1. The number of aryl methyl sites for hydroxylation is 1. The van der Waals surface area contributed by atoms with Crippen molar-refractivity contribution in [3.63, 3.8) is 0 Å². The van der Waals surface area contributed by atoms with Crippen LogP contribution in [-0.4, -0.2) is 14.9 Å². The van der Waals surface area contributed by atoms with Gasteiger partial charge in [0.25, 0.3) is 0 Å². The maximum atomic E-state index is 10.2. The zero-order valence-electron chi connectivity index (χ0n) is 12.9. The molecule has 0 saturated heterocycles. The number of aliphatic hydroxyl groups excluding tert-OH is 1. The molecule has 1 atom stereocenters. The van der Waals surface area contributed by atoms with Crippen molar-refractivity contribution in [1.29, 1.82) is 0 Å². The SMILES string of the molecule is O[C@@H](CCn1cccn1)c1ccc(OCc2ccccc2)cc1. The van der Waals surface area contributed by atoms with Crippen LogP contribution in [-0.2, 0) is 13.2 Å². The van der Waals surface area contributed by atoms with Crippen LogP contribution in [0.25, 0.3) is 0 Å². The van der Waals surface area contributed by atoms with Crippen LogP contribution >= 0.6 is 0 Å². The number of aliphatic hydroxyl groups is 1. The van der Waals surface area contributed by atoms with Gasteiger partial charge in [-0.2, -0.15) is 5.10 Å². The predicted molar refractivity (Wildman–Crippen MR) is 89.0 cm³/mol. The summed E-state index contributed by atoms with van der Waals surface area (Å²) in [7, 11) is 0. The van der Waals surface area contributed by atoms with Crippen molar-refractivity contribution in [2.24, 2.45) is 0 Å². The fraction of sp³-hybridized carbons (Fsp3) is 0.211. The lowest BCUT2D eigenvalue weighted by molar-refractivity contribution is 0.159. The highest BCUT2D eigenvalue weighted by Crippen LogP contribution is 2.21. The largest absolute Gasteiger partial charge is 0.489 e. The normalized spacial score (nSPS) is 12.0. The van der Waals surface area contributed by atoms with Crippen molar-refractivity contribution >= 4 is 0 Å². The van der Waals surface area contributed by atoms with Gasteiger partial charge in [0.2, 0.25) is 0 Å². The van der Waals surface area contributed by atoms with Gasteiger partial charge in [-0.1, -0.05) is 42.5 Å². The van der Waals surface area contributed by atoms with Gasteiger partial charge < -0.3 is 9.84 Å². The van der Waals surface area contributed by atoms with Crippen molar-refractivity contribution in [3.8, 4) is 5.75 Å². The second kappa shape index (κ2) is 7.61. The minimum absolute atomic E-state index is 0.498. The highest BCUT2D eigenvalue weighted by atomic mass is 16.5. The zero-order chi connectivity index (χ0) is 15.9. The molecule has 1 aromatic heterocycles. The van der Waals surface area contributed by atoms with Crippen LogP contribution in [0.2, 0.25) is 0 Å². The van der Waals surface area contributed by atoms with Crippen molar-refractivity contribution in [2.45, 2.75) is 25.7 Å². The maximum Gasteiger partial charge on any atom is 0.119 e. The van der Waals surface area contributed by atoms with Gasteiger partial charge in [-0.25, -0.2) is 0 Å². The van der Waals surface area contributed by atoms with Crippen LogP contribution in [0.4, 0.5) is 0 Å². The average molecular weight is 308 g/mol. The van der Waals surface area contributed by atoms with Crippen LogP contribution in [0.15, 0.2) is 73.1 Å². The van der Waals surface area contributed by atoms with Crippen molar-refractivity contribution in [3.05, 3.63) is 84.2 Å². The van der Waals surface area contributed by atoms with Gasteiger partial charge in [0.05, 0.1) is 6.10 Å². The second-order valence-corrected chi connectivity index (χ2v) is 5.42. The molecule has 0 amide bonds. The lowest BCUT2D eigenvalue weighted by Crippen LogP contribution is -2.05. The van der Waals surface area contributed by atoms with Gasteiger partial charge in [0.1, 0.15) is 12.4 Å². The smallest absolute Gasteiger partial charge is 0.119 e. The first-order chi connectivity index (χ1) is 11.3. The van der Waals surface area contributed by atoms with E-state index in [1.165, 1.54) is 0 Å². The van der Waals surface area contributed by atoms with Crippen LogP contribution in [0.3, 0.4) is 0 Å². The number of hydrogen-bond donors (Lipinski definition) is 1. The minimum Gasteiger partial charge on any atom is -0.489 e. The van der Waals surface area contributed by atoms with Crippen LogP contribution in [0.5, 0.6) is 5.75 Å². The number of ether oxygens (including phenoxy) is 1. The molecule has 2 aromatic carbocycles. The van der Waals surface area contributed by atoms with Crippen molar-refractivity contribution in [1.82, 2.24) is 9.78 Å². The lowest BCUT2D eigenvalue weighted by Gasteiger charge is -2.12. The second-order valence-electron chi connectivity index (χ2n) is 5.42. The third-order valence-electron chi connectivity index (χ3n) is 3.70. The fourth-order valence-corrected chi connectivity index (χ4v) is 2.38. The van der Waals surface area contributed by atoms with E-state index in [1.807, 2.05) is 71.5 Å². The molecular weight excluding hydrogens is 288 g/mol. The van der Waals surface area contributed by atoms with Crippen molar-refractivity contribution < 1.29 is 9.84 Å². The average Bonchev–Trinajstić information content (AvgIpc) is 3.13. The summed E-state index contributed by atoms with van der Waals surface area (Å²) in [6.07, 6.45) is 3.77. The zero-order valence-corrected chi connectivity index (χ0v) is 12.9. The van der Waals surface area contributed by atoms with Crippen LogP contribution in [0.1, 0.15) is 23.7 Å². The first kappa shape index (κ1) is 15.3. The first-order valence-corrected chi connectivity index (χ1v) is 7.73. The Hall–Kier alpha value is -2.59. The summed E-state index contributed by atoms with van der Waals surface area (Å²) in [6.45, 7) is 1.24. The van der Waals surface area contributed by atoms with Crippen LogP contribution < -0.4 is 4.74 Å². The molecule has 0 unspecified atom stereocenters. The van der Waals surface area contributed by atoms with Gasteiger partial charge in [0.15, 0.2) is 0 Å². The third kappa shape index (κ3) is 4.44. The van der Waals surface area contributed by atoms with E-state index in [4.69, 9.17) is 4.74 Å². The van der Waals surface area contributed by atoms with Gasteiger partial charge in [0, 0.05) is 18.9 Å². The highest BCUT2D eigenvalue weighted by molar-refractivity contribution is 5.29. The van der Waals surface area contributed by atoms with E-state index in [1.54, 1.807) is 6.20 Å². The Kier molecular flexibility index (Phi) is 5.06. The molecule has 0 spiro atoms. The third-order valence-corrected chi connectivity index (χ3v) is 3.70. The van der Waals surface area contributed by atoms with Gasteiger partial charge in [-0.3, -0.25) is 4.68 Å². The van der Waals surface area contributed by atoms with Gasteiger partial charge in [-0.05, 0) is 35.7 Å². The Morgan fingerprint density at radius 1 is 1.00 bits per heavy atom. The summed E-state index contributed by atoms with van der Waals surface area (Å²) in [6, 6.07) is 19.6. The predicted octanol–water partition coefficient (Wildman–Crippen LogP) is 3.59. The maximum absolute atomic E-state index is 10.2. The molecular formula is C19H20N2O2. The van der Waals surface area contributed by atoms with E-state index in [2.05, 4.69) is 5.10 Å². The summed E-state index contributed by atoms with van der Waals surface area (Å²) in [5.74, 6) is 0.803. The summed E-state index contributed by atoms with van der Waals surface area (Å²) >= 11 is 0. The summed E-state index contributed by atoms with van der Waals surface area (Å²) in [4.78, 5) is 0. The summed E-state index contributed by atoms with van der Waals surface area (Å²) < 4.78 is 7.57. The van der Waals surface area contributed by atoms with E-state index in [-0.39, 0.29) is 0 Å². The molecule has 1 N–H and O–H groups in total. The Labute approximate surface area is 136 Å². The molecule has 0 saturated carbocycles. The summed E-state index contributed by atoms with van der Waals surface area (Å²) in [5, 5.41) is 14.4. The lowest BCUT2D eigenvalue weighted by atomic mass is 10.1. The molecule has 23 heavy (non-hydrogen) atoms. The van der Waals surface area contributed by atoms with E-state index in [9.17, 15) is 5.11 Å². The fourth-order valence-electron chi connectivity index (χ4n) is 2.38. The van der Waals surface area contributed by atoms with Crippen LogP contribution in [0, 0.1) is 0 Å². The number of aromatic nitrogens is 2. The van der Waals surface area contributed by atoms with E-state index in [0.717, 1.165) is 16.9 Å². The molecule has 4 nitrogen and oxygen atoms in total. The summed E-state index contributed by atoms with van der Waals surface area (Å²) in [5.41, 5.74) is 2.03. The monoisotopic (exact) mass is 308 g/mol. The molecule has 0 bridgehead atoms. The van der Waals surface area contributed by atoms with E-state index >= 15 is 0 Å². The van der Waals surface area contributed by atoms with Gasteiger partial charge in [-0.15, -0.1) is 0 Å². The number of hydrogen-bond acceptors (Lipinski definition) is 3. The Morgan fingerprint density at radius 2 is 1.78 bits per heavy atom. The first-order valence-electron chi connectivity index (χ1n) is 7.73. The van der Waals surface area contributed by atoms with Crippen molar-refractivity contribution in [2.75, 3.05) is 0 Å². The number of rotatable bonds is 7. The molecule has 0 fully saturated rings. The molecule has 3 aromatic rings. The topological polar surface area (TPSA) is 47.3 Å². The highest BCUT2D eigenvalue weighted by Gasteiger charge is 2.08. The minimum atomic E-state index is -0.498. The molecule has 1 heterocycles. The number of nitrogens with zero attached hydrogens (tertiary/aromatic N) is 2. The molecule has 0 aliphatic carbocycles. The van der Waals surface area contributed by atoms with E-state index < -0.39 is 6.10 Å². The Bertz CT molecular complexity index is 694. The quantitative estimate of drug-likeness (QED) is 0.725. The number of benzene rings is 2. The van der Waals surface area contributed by atoms with Gasteiger partial charge >= 0.3 is 0 Å². The molecule has 4 heteroatoms. The Balaban J connectivity index is 1.52. The molecule has 0 aliphatic heterocycles. The van der Waals surface area contributed by atoms with E-state index in [0.29, 0.717) is 19.6 Å². The Morgan fingerprint density at radius 3 is 2.48 bits per heavy atom. The molecule has 0 radical (unpaired) electrons. The molecule has 0 aliphatic rings.